The molecule has 0 bridgehead atoms. The molecule has 5 heterocycles. The second-order valence-electron chi connectivity index (χ2n) is 13.4. The van der Waals surface area contributed by atoms with Gasteiger partial charge < -0.3 is 19.1 Å². The third-order valence-electron chi connectivity index (χ3n) is 10.1. The molecule has 0 radical (unpaired) electrons. The van der Waals surface area contributed by atoms with Gasteiger partial charge in [-0.05, 0) is 55.8 Å². The standard InChI is InChI=1S/C37H40F3N7O4/c1-4-26-29(39)10-9-23-17-25(51-36(48)45(2)15-16-49-3)18-27(30(23)26)32-31(40)33-28(20-41-32)34(47-14-7-5-6-12-42-47)44-35(43-33)50-22-37-11-8-13-46(37)21-24(38)19-37/h1,9-10,17-18,20,24,42H,5-8,11-16,19,21-22H2,2-3H3/t24-,37+/m1/s1. The zero-order valence-corrected chi connectivity index (χ0v) is 28.7. The summed E-state index contributed by atoms with van der Waals surface area (Å²) >= 11 is 0. The lowest BCUT2D eigenvalue weighted by Crippen LogP contribution is -2.43. The Kier molecular flexibility index (Phi) is 9.87. The highest BCUT2D eigenvalue weighted by atomic mass is 19.1. The van der Waals surface area contributed by atoms with Gasteiger partial charge in [0, 0.05) is 63.9 Å². The number of anilines is 1. The molecule has 1 N–H and O–H groups in total. The van der Waals surface area contributed by atoms with Crippen molar-refractivity contribution in [2.24, 2.45) is 0 Å². The van der Waals surface area contributed by atoms with E-state index in [1.807, 2.05) is 5.01 Å². The van der Waals surface area contributed by atoms with Crippen LogP contribution >= 0.6 is 0 Å². The predicted molar refractivity (Wildman–Crippen MR) is 186 cm³/mol. The summed E-state index contributed by atoms with van der Waals surface area (Å²) in [4.78, 5) is 30.2. The Morgan fingerprint density at radius 3 is 2.86 bits per heavy atom. The fraction of sp³-hybridized carbons (Fsp3) is 0.459. The first kappa shape index (κ1) is 34.7. The number of likely N-dealkylation sites (N-methyl/N-ethyl adjacent to an activating group) is 1. The van der Waals surface area contributed by atoms with Crippen molar-refractivity contribution < 1.29 is 32.2 Å². The first-order valence-corrected chi connectivity index (χ1v) is 17.3. The number of halogens is 3. The molecule has 3 aliphatic rings. The number of benzene rings is 2. The number of amides is 1. The van der Waals surface area contributed by atoms with Gasteiger partial charge in [-0.1, -0.05) is 18.4 Å². The number of aromatic nitrogens is 3. The van der Waals surface area contributed by atoms with Crippen LogP contribution in [0.1, 0.15) is 44.1 Å². The van der Waals surface area contributed by atoms with E-state index < -0.39 is 29.4 Å². The summed E-state index contributed by atoms with van der Waals surface area (Å²) < 4.78 is 63.8. The van der Waals surface area contributed by atoms with Gasteiger partial charge in [0.2, 0.25) is 0 Å². The van der Waals surface area contributed by atoms with Crippen LogP contribution in [0.3, 0.4) is 0 Å². The number of terminal acetylenes is 1. The average Bonchev–Trinajstić information content (AvgIpc) is 3.51. The molecule has 2 aromatic carbocycles. The van der Waals surface area contributed by atoms with Gasteiger partial charge in [0.1, 0.15) is 35.6 Å². The molecule has 3 saturated heterocycles. The molecule has 0 aliphatic carbocycles. The number of pyridine rings is 1. The monoisotopic (exact) mass is 703 g/mol. The smallest absolute Gasteiger partial charge is 0.415 e. The lowest BCUT2D eigenvalue weighted by Gasteiger charge is -2.31. The number of ether oxygens (including phenoxy) is 3. The number of alkyl halides is 1. The van der Waals surface area contributed by atoms with E-state index in [1.165, 1.54) is 42.5 Å². The van der Waals surface area contributed by atoms with Gasteiger partial charge in [-0.2, -0.15) is 9.97 Å². The Hall–Kier alpha value is -4.71. The van der Waals surface area contributed by atoms with E-state index in [-0.39, 0.29) is 52.6 Å². The Labute approximate surface area is 294 Å². The normalized spacial score (nSPS) is 20.7. The van der Waals surface area contributed by atoms with E-state index in [1.54, 1.807) is 7.05 Å². The molecule has 0 unspecified atom stereocenters. The predicted octanol–water partition coefficient (Wildman–Crippen LogP) is 5.63. The summed E-state index contributed by atoms with van der Waals surface area (Å²) in [6, 6.07) is 5.59. The van der Waals surface area contributed by atoms with Crippen LogP contribution in [0.25, 0.3) is 32.9 Å². The van der Waals surface area contributed by atoms with Crippen molar-refractivity contribution >= 4 is 33.6 Å². The van der Waals surface area contributed by atoms with Crippen molar-refractivity contribution in [1.29, 1.82) is 0 Å². The molecule has 4 aromatic rings. The van der Waals surface area contributed by atoms with Gasteiger partial charge in [0.15, 0.2) is 11.6 Å². The van der Waals surface area contributed by atoms with Crippen LogP contribution in [0.5, 0.6) is 11.8 Å². The van der Waals surface area contributed by atoms with Crippen LogP contribution < -0.4 is 19.9 Å². The quantitative estimate of drug-likeness (QED) is 0.221. The molecule has 7 rings (SSSR count). The summed E-state index contributed by atoms with van der Waals surface area (Å²) in [5.74, 6) is 1.37. The third-order valence-corrected chi connectivity index (χ3v) is 10.1. The number of nitrogens with one attached hydrogen (secondary N) is 1. The largest absolute Gasteiger partial charge is 0.461 e. The Morgan fingerprint density at radius 2 is 2.04 bits per heavy atom. The van der Waals surface area contributed by atoms with Gasteiger partial charge in [0.25, 0.3) is 0 Å². The van der Waals surface area contributed by atoms with E-state index in [0.29, 0.717) is 49.3 Å². The molecule has 1 amide bonds. The van der Waals surface area contributed by atoms with Gasteiger partial charge in [-0.3, -0.25) is 14.9 Å². The summed E-state index contributed by atoms with van der Waals surface area (Å²) in [7, 11) is 3.08. The lowest BCUT2D eigenvalue weighted by molar-refractivity contribution is 0.107. The minimum absolute atomic E-state index is 0.0508. The maximum atomic E-state index is 17.1. The van der Waals surface area contributed by atoms with Crippen molar-refractivity contribution in [3.63, 3.8) is 0 Å². The van der Waals surface area contributed by atoms with Crippen LogP contribution in [-0.2, 0) is 4.74 Å². The third kappa shape index (κ3) is 6.73. The van der Waals surface area contributed by atoms with Crippen molar-refractivity contribution in [2.45, 2.75) is 50.2 Å². The lowest BCUT2D eigenvalue weighted by atomic mass is 9.95. The molecule has 268 valence electrons. The second-order valence-corrected chi connectivity index (χ2v) is 13.4. The molecule has 0 saturated carbocycles. The van der Waals surface area contributed by atoms with Gasteiger partial charge in [0.05, 0.1) is 23.1 Å². The molecule has 0 spiro atoms. The minimum atomic E-state index is -0.942. The summed E-state index contributed by atoms with van der Waals surface area (Å²) in [6.45, 7) is 3.19. The van der Waals surface area contributed by atoms with Crippen molar-refractivity contribution in [3.8, 4) is 35.4 Å². The Morgan fingerprint density at radius 1 is 1.18 bits per heavy atom. The molecular weight excluding hydrogens is 663 g/mol. The van der Waals surface area contributed by atoms with Gasteiger partial charge in [-0.15, -0.1) is 6.42 Å². The highest BCUT2D eigenvalue weighted by Gasteiger charge is 2.49. The van der Waals surface area contributed by atoms with Gasteiger partial charge >= 0.3 is 12.1 Å². The highest BCUT2D eigenvalue weighted by Crippen LogP contribution is 2.42. The Bertz CT molecular complexity index is 2000. The zero-order chi connectivity index (χ0) is 35.7. The first-order valence-electron chi connectivity index (χ1n) is 17.3. The number of rotatable bonds is 9. The van der Waals surface area contributed by atoms with E-state index in [2.05, 4.69) is 26.2 Å². The summed E-state index contributed by atoms with van der Waals surface area (Å²) in [5, 5.41) is 2.82. The Balaban J connectivity index is 1.35. The molecule has 2 aromatic heterocycles. The maximum Gasteiger partial charge on any atom is 0.415 e. The van der Waals surface area contributed by atoms with Crippen LogP contribution in [0.15, 0.2) is 30.5 Å². The van der Waals surface area contributed by atoms with Crippen molar-refractivity contribution in [3.05, 3.63) is 47.7 Å². The minimum Gasteiger partial charge on any atom is -0.461 e. The molecule has 11 nitrogen and oxygen atoms in total. The van der Waals surface area contributed by atoms with Crippen LogP contribution in [-0.4, -0.2) is 103 Å². The van der Waals surface area contributed by atoms with E-state index in [4.69, 9.17) is 25.6 Å². The molecule has 51 heavy (non-hydrogen) atoms. The topological polar surface area (TPSA) is 105 Å². The molecule has 3 fully saturated rings. The van der Waals surface area contributed by atoms with Crippen molar-refractivity contribution in [2.75, 3.05) is 65.1 Å². The highest BCUT2D eigenvalue weighted by molar-refractivity contribution is 6.03. The van der Waals surface area contributed by atoms with Crippen molar-refractivity contribution in [1.82, 2.24) is 30.2 Å². The summed E-state index contributed by atoms with van der Waals surface area (Å²) in [5.41, 5.74) is 2.66. The fourth-order valence-corrected chi connectivity index (χ4v) is 7.47. The number of nitrogens with zero attached hydrogens (tertiary/aromatic N) is 6. The van der Waals surface area contributed by atoms with Crippen LogP contribution in [0, 0.1) is 24.0 Å². The first-order chi connectivity index (χ1) is 24.7. The molecule has 14 heteroatoms. The van der Waals surface area contributed by atoms with Gasteiger partial charge in [-0.25, -0.2) is 23.4 Å². The average molecular weight is 704 g/mol. The number of carbonyl (C=O) groups excluding carboxylic acids is 1. The molecular formula is C37H40F3N7O4. The van der Waals surface area contributed by atoms with Crippen LogP contribution in [0.2, 0.25) is 0 Å². The van der Waals surface area contributed by atoms with E-state index in [0.717, 1.165) is 38.6 Å². The maximum absolute atomic E-state index is 17.1. The number of hydrogen-bond donors (Lipinski definition) is 1. The second kappa shape index (κ2) is 14.5. The van der Waals surface area contributed by atoms with Crippen LogP contribution in [0.4, 0.5) is 23.8 Å². The number of hydrogen-bond acceptors (Lipinski definition) is 10. The SMILES string of the molecule is C#Cc1c(F)ccc2cc(OC(=O)N(C)CCOC)cc(-c3ncc4c(N5CCCCCN5)nc(OC[C@@]56CCCN5C[C@H](F)C6)nc4c3F)c12. The number of methoxy groups -OCH3 is 1. The number of hydrazine groups is 1. The fourth-order valence-electron chi connectivity index (χ4n) is 7.47. The number of carbonyl (C=O) groups is 1. The van der Waals surface area contributed by atoms with E-state index in [9.17, 15) is 9.18 Å². The molecule has 3 aliphatic heterocycles. The summed E-state index contributed by atoms with van der Waals surface area (Å²) in [6.07, 6.45) is 10.6. The number of fused-ring (bicyclic) bond motifs is 3. The van der Waals surface area contributed by atoms with E-state index >= 15 is 8.78 Å². The zero-order valence-electron chi connectivity index (χ0n) is 28.7. The molecule has 2 atom stereocenters.